The summed E-state index contributed by atoms with van der Waals surface area (Å²) in [6.45, 7) is 8.04. The van der Waals surface area contributed by atoms with Crippen LogP contribution in [0.1, 0.15) is 66.2 Å². The lowest BCUT2D eigenvalue weighted by Crippen LogP contribution is -2.12. The standard InChI is InChI=1S/C21H36O4/c1-17(2)12-13-21(24)11-6-5-9-20(16-25-19(4)23)10-7-8-18(3)14-15-22/h6,11-12,14,20-22,24H,5,7-10,13,15-16H2,1-4H3/b11-6+,18-14+. The monoisotopic (exact) mass is 352 g/mol. The maximum absolute atomic E-state index is 11.0. The van der Waals surface area contributed by atoms with E-state index in [4.69, 9.17) is 9.84 Å². The molecule has 0 heterocycles. The van der Waals surface area contributed by atoms with E-state index in [9.17, 15) is 9.90 Å². The van der Waals surface area contributed by atoms with E-state index in [-0.39, 0.29) is 12.6 Å². The Morgan fingerprint density at radius 3 is 2.44 bits per heavy atom. The third-order valence-electron chi connectivity index (χ3n) is 4.01. The number of aliphatic hydroxyl groups excluding tert-OH is 2. The highest BCUT2D eigenvalue weighted by atomic mass is 16.5. The second kappa shape index (κ2) is 14.9. The van der Waals surface area contributed by atoms with E-state index >= 15 is 0 Å². The van der Waals surface area contributed by atoms with E-state index in [2.05, 4.69) is 0 Å². The fourth-order valence-corrected chi connectivity index (χ4v) is 2.49. The van der Waals surface area contributed by atoms with Crippen LogP contribution in [0.25, 0.3) is 0 Å². The minimum Gasteiger partial charge on any atom is -0.466 e. The first-order chi connectivity index (χ1) is 11.8. The molecule has 0 aliphatic rings. The first-order valence-electron chi connectivity index (χ1n) is 9.23. The summed E-state index contributed by atoms with van der Waals surface area (Å²) in [6, 6.07) is 0. The van der Waals surface area contributed by atoms with Gasteiger partial charge in [0.25, 0.3) is 0 Å². The molecule has 0 amide bonds. The average Bonchev–Trinajstić information content (AvgIpc) is 2.54. The van der Waals surface area contributed by atoms with Gasteiger partial charge >= 0.3 is 5.97 Å². The van der Waals surface area contributed by atoms with Gasteiger partial charge in [-0.15, -0.1) is 0 Å². The van der Waals surface area contributed by atoms with Crippen LogP contribution in [-0.2, 0) is 9.53 Å². The van der Waals surface area contributed by atoms with Crippen molar-refractivity contribution in [2.24, 2.45) is 5.92 Å². The Morgan fingerprint density at radius 1 is 1.12 bits per heavy atom. The lowest BCUT2D eigenvalue weighted by Gasteiger charge is -2.16. The lowest BCUT2D eigenvalue weighted by atomic mass is 9.95. The quantitative estimate of drug-likeness (QED) is 0.382. The number of carbonyl (C=O) groups excluding carboxylic acids is 1. The van der Waals surface area contributed by atoms with Crippen molar-refractivity contribution in [1.82, 2.24) is 0 Å². The van der Waals surface area contributed by atoms with Crippen LogP contribution < -0.4 is 0 Å². The molecule has 0 radical (unpaired) electrons. The Bertz CT molecular complexity index is 445. The molecule has 2 N–H and O–H groups in total. The van der Waals surface area contributed by atoms with E-state index in [1.54, 1.807) is 0 Å². The van der Waals surface area contributed by atoms with Gasteiger partial charge in [0.15, 0.2) is 0 Å². The Balaban J connectivity index is 4.27. The molecule has 0 aliphatic heterocycles. The number of hydrogen-bond donors (Lipinski definition) is 2. The first-order valence-corrected chi connectivity index (χ1v) is 9.23. The molecular formula is C21H36O4. The van der Waals surface area contributed by atoms with Gasteiger partial charge in [-0.25, -0.2) is 0 Å². The van der Waals surface area contributed by atoms with Gasteiger partial charge in [-0.3, -0.25) is 4.79 Å². The highest BCUT2D eigenvalue weighted by Gasteiger charge is 2.10. The van der Waals surface area contributed by atoms with Crippen molar-refractivity contribution in [1.29, 1.82) is 0 Å². The molecule has 25 heavy (non-hydrogen) atoms. The van der Waals surface area contributed by atoms with E-state index in [1.165, 1.54) is 18.1 Å². The number of rotatable bonds is 13. The molecule has 0 rings (SSSR count). The molecule has 0 aliphatic carbocycles. The molecule has 0 bridgehead atoms. The first kappa shape index (κ1) is 23.6. The van der Waals surface area contributed by atoms with Gasteiger partial charge in [0.05, 0.1) is 19.3 Å². The number of carbonyl (C=O) groups is 1. The molecule has 2 unspecified atom stereocenters. The van der Waals surface area contributed by atoms with Gasteiger partial charge in [-0.05, 0) is 65.2 Å². The summed E-state index contributed by atoms with van der Waals surface area (Å²) in [4.78, 5) is 11.0. The zero-order chi connectivity index (χ0) is 19.1. The summed E-state index contributed by atoms with van der Waals surface area (Å²) in [7, 11) is 0. The van der Waals surface area contributed by atoms with Crippen molar-refractivity contribution >= 4 is 5.97 Å². The summed E-state index contributed by atoms with van der Waals surface area (Å²) >= 11 is 0. The van der Waals surface area contributed by atoms with Crippen LogP contribution in [0.3, 0.4) is 0 Å². The minimum atomic E-state index is -0.437. The Morgan fingerprint density at radius 2 is 1.84 bits per heavy atom. The predicted octanol–water partition coefficient (Wildman–Crippen LogP) is 4.33. The van der Waals surface area contributed by atoms with E-state index in [1.807, 2.05) is 45.1 Å². The largest absolute Gasteiger partial charge is 0.466 e. The molecule has 4 heteroatoms. The second-order valence-electron chi connectivity index (χ2n) is 6.88. The Labute approximate surface area is 153 Å². The van der Waals surface area contributed by atoms with E-state index in [0.717, 1.165) is 32.1 Å². The molecule has 0 aromatic rings. The maximum Gasteiger partial charge on any atom is 0.302 e. The van der Waals surface area contributed by atoms with E-state index in [0.29, 0.717) is 18.9 Å². The van der Waals surface area contributed by atoms with Gasteiger partial charge in [0.2, 0.25) is 0 Å². The molecule has 0 aromatic heterocycles. The number of esters is 1. The van der Waals surface area contributed by atoms with Crippen molar-refractivity contribution in [3.63, 3.8) is 0 Å². The zero-order valence-corrected chi connectivity index (χ0v) is 16.3. The smallest absolute Gasteiger partial charge is 0.302 e. The van der Waals surface area contributed by atoms with Gasteiger partial charge in [-0.1, -0.05) is 35.5 Å². The van der Waals surface area contributed by atoms with Crippen molar-refractivity contribution < 1.29 is 19.7 Å². The van der Waals surface area contributed by atoms with Crippen molar-refractivity contribution in [3.05, 3.63) is 35.5 Å². The molecule has 0 fully saturated rings. The summed E-state index contributed by atoms with van der Waals surface area (Å²) in [5.41, 5.74) is 2.40. The molecule has 0 saturated carbocycles. The SMILES string of the molecule is CC(=O)OCC(CC/C=C/C(O)CC=C(C)C)CCC/C(C)=C/CO. The maximum atomic E-state index is 11.0. The van der Waals surface area contributed by atoms with Gasteiger partial charge in [0.1, 0.15) is 0 Å². The molecule has 4 nitrogen and oxygen atoms in total. The minimum absolute atomic E-state index is 0.0859. The molecule has 0 saturated heterocycles. The van der Waals surface area contributed by atoms with Gasteiger partial charge < -0.3 is 14.9 Å². The number of allylic oxidation sites excluding steroid dienone is 3. The van der Waals surface area contributed by atoms with Crippen molar-refractivity contribution in [2.75, 3.05) is 13.2 Å². The van der Waals surface area contributed by atoms with Crippen molar-refractivity contribution in [2.45, 2.75) is 72.3 Å². The van der Waals surface area contributed by atoms with Crippen LogP contribution >= 0.6 is 0 Å². The summed E-state index contributed by atoms with van der Waals surface area (Å²) < 4.78 is 5.18. The molecule has 144 valence electrons. The summed E-state index contributed by atoms with van der Waals surface area (Å²) in [5, 5.41) is 18.7. The topological polar surface area (TPSA) is 66.8 Å². The van der Waals surface area contributed by atoms with Crippen LogP contribution in [0.15, 0.2) is 35.5 Å². The lowest BCUT2D eigenvalue weighted by molar-refractivity contribution is -0.142. The Kier molecular flexibility index (Phi) is 14.1. The molecule has 0 spiro atoms. The average molecular weight is 353 g/mol. The number of ether oxygens (including phenoxy) is 1. The second-order valence-corrected chi connectivity index (χ2v) is 6.88. The molecular weight excluding hydrogens is 316 g/mol. The highest BCUT2D eigenvalue weighted by molar-refractivity contribution is 5.65. The molecule has 2 atom stereocenters. The zero-order valence-electron chi connectivity index (χ0n) is 16.3. The predicted molar refractivity (Wildman–Crippen MR) is 103 cm³/mol. The van der Waals surface area contributed by atoms with Gasteiger partial charge in [0, 0.05) is 6.92 Å². The molecule has 0 aromatic carbocycles. The summed E-state index contributed by atoms with van der Waals surface area (Å²) in [6.07, 6.45) is 12.7. The third-order valence-corrected chi connectivity index (χ3v) is 4.01. The van der Waals surface area contributed by atoms with Crippen molar-refractivity contribution in [3.8, 4) is 0 Å². The number of aliphatic hydroxyl groups is 2. The summed E-state index contributed by atoms with van der Waals surface area (Å²) in [5.74, 6) is 0.0828. The highest BCUT2D eigenvalue weighted by Crippen LogP contribution is 2.18. The Hall–Kier alpha value is -1.39. The van der Waals surface area contributed by atoms with E-state index < -0.39 is 6.10 Å². The van der Waals surface area contributed by atoms with Crippen LogP contribution in [0.4, 0.5) is 0 Å². The third kappa shape index (κ3) is 15.9. The van der Waals surface area contributed by atoms with Crippen LogP contribution in [0.5, 0.6) is 0 Å². The fourth-order valence-electron chi connectivity index (χ4n) is 2.49. The normalized spacial score (nSPS) is 14.4. The van der Waals surface area contributed by atoms with Crippen LogP contribution in [0, 0.1) is 5.92 Å². The van der Waals surface area contributed by atoms with Crippen LogP contribution in [0.2, 0.25) is 0 Å². The fraction of sp³-hybridized carbons (Fsp3) is 0.667. The van der Waals surface area contributed by atoms with Crippen LogP contribution in [-0.4, -0.2) is 35.5 Å². The van der Waals surface area contributed by atoms with Gasteiger partial charge in [-0.2, -0.15) is 0 Å². The number of hydrogen-bond acceptors (Lipinski definition) is 4.